The molecule has 2 atom stereocenters. The Labute approximate surface area is 168 Å². The van der Waals surface area contributed by atoms with Gasteiger partial charge in [-0.2, -0.15) is 0 Å². The van der Waals surface area contributed by atoms with Crippen molar-refractivity contribution in [2.45, 2.75) is 40.0 Å². The van der Waals surface area contributed by atoms with Crippen molar-refractivity contribution >= 4 is 11.8 Å². The minimum atomic E-state index is -0.294. The highest BCUT2D eigenvalue weighted by Crippen LogP contribution is 2.39. The molecule has 28 heavy (non-hydrogen) atoms. The van der Waals surface area contributed by atoms with Crippen LogP contribution in [0.3, 0.4) is 0 Å². The molecule has 1 aliphatic rings. The van der Waals surface area contributed by atoms with Crippen LogP contribution in [-0.4, -0.2) is 50.6 Å². The van der Waals surface area contributed by atoms with Crippen molar-refractivity contribution in [2.75, 3.05) is 33.9 Å². The number of methoxy groups -OCH3 is 2. The van der Waals surface area contributed by atoms with Crippen LogP contribution < -0.4 is 14.8 Å². The van der Waals surface area contributed by atoms with E-state index in [-0.39, 0.29) is 29.6 Å². The highest BCUT2D eigenvalue weighted by Gasteiger charge is 2.41. The molecule has 0 saturated carbocycles. The van der Waals surface area contributed by atoms with Gasteiger partial charge in [0, 0.05) is 43.1 Å². The molecule has 1 saturated heterocycles. The number of rotatable bonds is 8. The molecule has 0 spiro atoms. The maximum Gasteiger partial charge on any atom is 0.225 e. The summed E-state index contributed by atoms with van der Waals surface area (Å²) in [5, 5.41) is 3.06. The summed E-state index contributed by atoms with van der Waals surface area (Å²) in [6.45, 7) is 9.65. The minimum absolute atomic E-state index is 0.00239. The lowest BCUT2D eigenvalue weighted by Crippen LogP contribution is -2.37. The molecule has 156 valence electrons. The van der Waals surface area contributed by atoms with E-state index in [0.29, 0.717) is 37.1 Å². The Balaban J connectivity index is 2.29. The lowest BCUT2D eigenvalue weighted by atomic mass is 9.87. The van der Waals surface area contributed by atoms with E-state index >= 15 is 0 Å². The summed E-state index contributed by atoms with van der Waals surface area (Å²) < 4.78 is 10.9. The smallest absolute Gasteiger partial charge is 0.225 e. The first-order chi connectivity index (χ1) is 13.3. The highest BCUT2D eigenvalue weighted by molar-refractivity contribution is 5.84. The van der Waals surface area contributed by atoms with Crippen molar-refractivity contribution in [3.05, 3.63) is 23.8 Å². The average molecular weight is 391 g/mol. The van der Waals surface area contributed by atoms with E-state index in [1.807, 2.05) is 36.9 Å². The Hall–Kier alpha value is -2.24. The second-order valence-corrected chi connectivity index (χ2v) is 8.19. The number of benzene rings is 1. The third-order valence-corrected chi connectivity index (χ3v) is 5.32. The highest BCUT2D eigenvalue weighted by atomic mass is 16.5. The normalized spacial score (nSPS) is 19.2. The number of amides is 2. The molecule has 1 fully saturated rings. The fourth-order valence-corrected chi connectivity index (χ4v) is 3.67. The molecule has 0 aliphatic carbocycles. The van der Waals surface area contributed by atoms with Crippen LogP contribution in [0.2, 0.25) is 0 Å². The van der Waals surface area contributed by atoms with Crippen molar-refractivity contribution in [2.24, 2.45) is 17.8 Å². The van der Waals surface area contributed by atoms with Gasteiger partial charge < -0.3 is 19.7 Å². The number of hydrogen-bond donors (Lipinski definition) is 1. The molecule has 1 heterocycles. The first kappa shape index (κ1) is 22.1. The SMILES string of the molecule is COc1ccc([C@H]2CN(C(=O)C(C)C)C[C@@H]2C(=O)NCCC(C)C)c(OC)c1. The molecule has 0 radical (unpaired) electrons. The molecule has 1 aliphatic heterocycles. The van der Waals surface area contributed by atoms with Crippen molar-refractivity contribution in [3.63, 3.8) is 0 Å². The third-order valence-electron chi connectivity index (χ3n) is 5.32. The monoisotopic (exact) mass is 390 g/mol. The van der Waals surface area contributed by atoms with Gasteiger partial charge in [0.1, 0.15) is 11.5 Å². The van der Waals surface area contributed by atoms with Gasteiger partial charge in [-0.3, -0.25) is 9.59 Å². The Morgan fingerprint density at radius 3 is 2.43 bits per heavy atom. The van der Waals surface area contributed by atoms with Crippen LogP contribution in [0.15, 0.2) is 18.2 Å². The largest absolute Gasteiger partial charge is 0.497 e. The van der Waals surface area contributed by atoms with Gasteiger partial charge in [-0.1, -0.05) is 33.8 Å². The van der Waals surface area contributed by atoms with Gasteiger partial charge in [0.05, 0.1) is 20.1 Å². The molecule has 0 aromatic heterocycles. The number of nitrogens with zero attached hydrogens (tertiary/aromatic N) is 1. The van der Waals surface area contributed by atoms with Gasteiger partial charge in [0.2, 0.25) is 11.8 Å². The van der Waals surface area contributed by atoms with Crippen molar-refractivity contribution in [1.82, 2.24) is 10.2 Å². The summed E-state index contributed by atoms with van der Waals surface area (Å²) in [5.74, 6) is 1.49. The zero-order chi connectivity index (χ0) is 20.8. The van der Waals surface area contributed by atoms with E-state index in [2.05, 4.69) is 19.2 Å². The number of carbonyl (C=O) groups excluding carboxylic acids is 2. The zero-order valence-electron chi connectivity index (χ0n) is 18.0. The quantitative estimate of drug-likeness (QED) is 0.741. The fourth-order valence-electron chi connectivity index (χ4n) is 3.67. The molecular formula is C22H34N2O4. The summed E-state index contributed by atoms with van der Waals surface area (Å²) in [7, 11) is 3.22. The standard InChI is InChI=1S/C22H34N2O4/c1-14(2)9-10-23-21(25)19-13-24(22(26)15(3)4)12-18(19)17-8-7-16(27-5)11-20(17)28-6/h7-8,11,14-15,18-19H,9-10,12-13H2,1-6H3,(H,23,25)/t18-,19+/m1/s1. The molecule has 0 unspecified atom stereocenters. The first-order valence-corrected chi connectivity index (χ1v) is 10.1. The summed E-state index contributed by atoms with van der Waals surface area (Å²) in [5.41, 5.74) is 0.936. The van der Waals surface area contributed by atoms with Crippen LogP contribution in [0.4, 0.5) is 0 Å². The van der Waals surface area contributed by atoms with E-state index in [4.69, 9.17) is 9.47 Å². The predicted octanol–water partition coefficient (Wildman–Crippen LogP) is 3.06. The number of ether oxygens (including phenoxy) is 2. The third kappa shape index (κ3) is 5.18. The molecule has 0 bridgehead atoms. The van der Waals surface area contributed by atoms with E-state index in [0.717, 1.165) is 12.0 Å². The van der Waals surface area contributed by atoms with Gasteiger partial charge in [-0.05, 0) is 18.4 Å². The number of nitrogens with one attached hydrogen (secondary N) is 1. The maximum absolute atomic E-state index is 13.0. The van der Waals surface area contributed by atoms with Crippen LogP contribution in [0.25, 0.3) is 0 Å². The van der Waals surface area contributed by atoms with Crippen molar-refractivity contribution in [3.8, 4) is 11.5 Å². The Bertz CT molecular complexity index is 687. The fraction of sp³-hybridized carbons (Fsp3) is 0.636. The lowest BCUT2D eigenvalue weighted by Gasteiger charge is -2.21. The number of likely N-dealkylation sites (tertiary alicyclic amines) is 1. The number of hydrogen-bond acceptors (Lipinski definition) is 4. The topological polar surface area (TPSA) is 67.9 Å². The van der Waals surface area contributed by atoms with Gasteiger partial charge in [0.15, 0.2) is 0 Å². The zero-order valence-corrected chi connectivity index (χ0v) is 18.0. The van der Waals surface area contributed by atoms with Crippen LogP contribution >= 0.6 is 0 Å². The molecular weight excluding hydrogens is 356 g/mol. The lowest BCUT2D eigenvalue weighted by molar-refractivity contribution is -0.133. The van der Waals surface area contributed by atoms with E-state index in [1.54, 1.807) is 14.2 Å². The minimum Gasteiger partial charge on any atom is -0.497 e. The second kappa shape index (κ2) is 9.80. The van der Waals surface area contributed by atoms with E-state index < -0.39 is 0 Å². The Morgan fingerprint density at radius 2 is 1.86 bits per heavy atom. The van der Waals surface area contributed by atoms with Gasteiger partial charge >= 0.3 is 0 Å². The molecule has 1 N–H and O–H groups in total. The first-order valence-electron chi connectivity index (χ1n) is 10.1. The molecule has 1 aromatic carbocycles. The van der Waals surface area contributed by atoms with Gasteiger partial charge in [-0.25, -0.2) is 0 Å². The Kier molecular flexibility index (Phi) is 7.72. The molecule has 2 rings (SSSR count). The summed E-state index contributed by atoms with van der Waals surface area (Å²) in [6.07, 6.45) is 0.934. The maximum atomic E-state index is 13.0. The van der Waals surface area contributed by atoms with Gasteiger partial charge in [-0.15, -0.1) is 0 Å². The van der Waals surface area contributed by atoms with Crippen LogP contribution in [-0.2, 0) is 9.59 Å². The van der Waals surface area contributed by atoms with Crippen LogP contribution in [0.5, 0.6) is 11.5 Å². The predicted molar refractivity (Wildman–Crippen MR) is 110 cm³/mol. The molecule has 6 heteroatoms. The average Bonchev–Trinajstić information content (AvgIpc) is 3.11. The van der Waals surface area contributed by atoms with Crippen molar-refractivity contribution < 1.29 is 19.1 Å². The van der Waals surface area contributed by atoms with Crippen LogP contribution in [0.1, 0.15) is 45.6 Å². The molecule has 2 amide bonds. The number of carbonyl (C=O) groups is 2. The van der Waals surface area contributed by atoms with E-state index in [1.165, 1.54) is 0 Å². The summed E-state index contributed by atoms with van der Waals surface area (Å²) >= 11 is 0. The summed E-state index contributed by atoms with van der Waals surface area (Å²) in [6, 6.07) is 5.65. The Morgan fingerprint density at radius 1 is 1.14 bits per heavy atom. The van der Waals surface area contributed by atoms with E-state index in [9.17, 15) is 9.59 Å². The second-order valence-electron chi connectivity index (χ2n) is 8.19. The van der Waals surface area contributed by atoms with Gasteiger partial charge in [0.25, 0.3) is 0 Å². The van der Waals surface area contributed by atoms with Crippen molar-refractivity contribution in [1.29, 1.82) is 0 Å². The molecule has 1 aromatic rings. The van der Waals surface area contributed by atoms with Crippen LogP contribution in [0, 0.1) is 17.8 Å². The summed E-state index contributed by atoms with van der Waals surface area (Å²) in [4.78, 5) is 27.4. The molecule has 6 nitrogen and oxygen atoms in total.